The lowest BCUT2D eigenvalue weighted by Gasteiger charge is -2.20. The Morgan fingerprint density at radius 1 is 1.08 bits per heavy atom. The number of nitrogens with one attached hydrogen (secondary N) is 1. The largest absolute Gasteiger partial charge is 0.496 e. The van der Waals surface area contributed by atoms with Crippen molar-refractivity contribution < 1.29 is 14.3 Å². The van der Waals surface area contributed by atoms with E-state index in [1.807, 2.05) is 48.5 Å². The average molecular weight is 341 g/mol. The van der Waals surface area contributed by atoms with Gasteiger partial charge in [-0.25, -0.2) is 0 Å². The van der Waals surface area contributed by atoms with Gasteiger partial charge in [-0.05, 0) is 36.1 Å². The van der Waals surface area contributed by atoms with E-state index in [1.54, 1.807) is 14.0 Å². The highest BCUT2D eigenvalue weighted by Crippen LogP contribution is 2.24. The third kappa shape index (κ3) is 5.24. The zero-order valence-corrected chi connectivity index (χ0v) is 15.6. The molecule has 134 valence electrons. The fourth-order valence-corrected chi connectivity index (χ4v) is 2.47. The van der Waals surface area contributed by atoms with Crippen molar-refractivity contribution in [2.45, 2.75) is 45.8 Å². The summed E-state index contributed by atoms with van der Waals surface area (Å²) in [6, 6.07) is 15.5. The Kier molecular flexibility index (Phi) is 6.07. The SMILES string of the molecule is COc1ccccc1CNC(=O)[C@@H](C)Oc1ccc(C(C)(C)C)cc1. The molecular formula is C21H27NO3. The summed E-state index contributed by atoms with van der Waals surface area (Å²) in [5, 5.41) is 2.89. The lowest BCUT2D eigenvalue weighted by Crippen LogP contribution is -2.36. The van der Waals surface area contributed by atoms with Gasteiger partial charge in [0.25, 0.3) is 5.91 Å². The lowest BCUT2D eigenvalue weighted by molar-refractivity contribution is -0.127. The van der Waals surface area contributed by atoms with Crippen molar-refractivity contribution in [1.82, 2.24) is 5.32 Å². The molecule has 2 aromatic carbocycles. The number of rotatable bonds is 6. The van der Waals surface area contributed by atoms with E-state index >= 15 is 0 Å². The summed E-state index contributed by atoms with van der Waals surface area (Å²) in [6.45, 7) is 8.64. The van der Waals surface area contributed by atoms with E-state index in [2.05, 4.69) is 26.1 Å². The second-order valence-electron chi connectivity index (χ2n) is 7.06. The Hall–Kier alpha value is -2.49. The number of hydrogen-bond donors (Lipinski definition) is 1. The molecule has 0 aliphatic heterocycles. The molecule has 0 radical (unpaired) electrons. The lowest BCUT2D eigenvalue weighted by atomic mass is 9.87. The molecule has 4 nitrogen and oxygen atoms in total. The molecule has 0 aliphatic carbocycles. The van der Waals surface area contributed by atoms with Crippen LogP contribution in [0.4, 0.5) is 0 Å². The highest BCUT2D eigenvalue weighted by Gasteiger charge is 2.17. The van der Waals surface area contributed by atoms with Gasteiger partial charge >= 0.3 is 0 Å². The van der Waals surface area contributed by atoms with Gasteiger partial charge in [0.1, 0.15) is 11.5 Å². The molecule has 1 atom stereocenters. The molecule has 1 amide bonds. The third-order valence-corrected chi connectivity index (χ3v) is 4.05. The van der Waals surface area contributed by atoms with E-state index in [0.717, 1.165) is 11.3 Å². The smallest absolute Gasteiger partial charge is 0.261 e. The van der Waals surface area contributed by atoms with Crippen LogP contribution < -0.4 is 14.8 Å². The van der Waals surface area contributed by atoms with Gasteiger partial charge in [0.15, 0.2) is 6.10 Å². The minimum absolute atomic E-state index is 0.0935. The van der Waals surface area contributed by atoms with Crippen LogP contribution in [0.25, 0.3) is 0 Å². The molecule has 0 bridgehead atoms. The Balaban J connectivity index is 1.92. The van der Waals surface area contributed by atoms with E-state index in [9.17, 15) is 4.79 Å². The summed E-state index contributed by atoms with van der Waals surface area (Å²) in [7, 11) is 1.62. The van der Waals surface area contributed by atoms with E-state index in [-0.39, 0.29) is 11.3 Å². The van der Waals surface area contributed by atoms with Crippen molar-refractivity contribution in [2.24, 2.45) is 0 Å². The van der Waals surface area contributed by atoms with Crippen LogP contribution >= 0.6 is 0 Å². The number of ether oxygens (including phenoxy) is 2. The number of methoxy groups -OCH3 is 1. The zero-order valence-electron chi connectivity index (χ0n) is 15.6. The quantitative estimate of drug-likeness (QED) is 0.861. The van der Waals surface area contributed by atoms with E-state index in [0.29, 0.717) is 12.3 Å². The molecule has 25 heavy (non-hydrogen) atoms. The van der Waals surface area contributed by atoms with Gasteiger partial charge in [-0.1, -0.05) is 51.1 Å². The summed E-state index contributed by atoms with van der Waals surface area (Å²) in [6.07, 6.45) is -0.574. The predicted octanol–water partition coefficient (Wildman–Crippen LogP) is 4.08. The Bertz CT molecular complexity index is 702. The molecule has 0 saturated heterocycles. The van der Waals surface area contributed by atoms with Crippen LogP contribution in [0, 0.1) is 0 Å². The predicted molar refractivity (Wildman–Crippen MR) is 100 cm³/mol. The number of para-hydroxylation sites is 1. The molecule has 1 N–H and O–H groups in total. The molecule has 2 aromatic rings. The number of carbonyl (C=O) groups excluding carboxylic acids is 1. The second kappa shape index (κ2) is 8.06. The summed E-state index contributed by atoms with van der Waals surface area (Å²) >= 11 is 0. The molecule has 0 unspecified atom stereocenters. The maximum atomic E-state index is 12.3. The first kappa shape index (κ1) is 18.8. The van der Waals surface area contributed by atoms with E-state index in [4.69, 9.17) is 9.47 Å². The van der Waals surface area contributed by atoms with Crippen LogP contribution in [0.1, 0.15) is 38.8 Å². The topological polar surface area (TPSA) is 47.6 Å². The Morgan fingerprint density at radius 3 is 2.32 bits per heavy atom. The van der Waals surface area contributed by atoms with Gasteiger partial charge in [-0.15, -0.1) is 0 Å². The number of hydrogen-bond acceptors (Lipinski definition) is 3. The minimum atomic E-state index is -0.574. The molecule has 0 spiro atoms. The Labute approximate surface area is 150 Å². The van der Waals surface area contributed by atoms with Crippen LogP contribution in [-0.2, 0) is 16.8 Å². The number of benzene rings is 2. The molecule has 0 saturated carbocycles. The fourth-order valence-electron chi connectivity index (χ4n) is 2.47. The van der Waals surface area contributed by atoms with Crippen LogP contribution in [0.2, 0.25) is 0 Å². The van der Waals surface area contributed by atoms with Gasteiger partial charge < -0.3 is 14.8 Å². The summed E-state index contributed by atoms with van der Waals surface area (Å²) in [4.78, 5) is 12.3. The zero-order chi connectivity index (χ0) is 18.4. The van der Waals surface area contributed by atoms with Crippen LogP contribution in [0.5, 0.6) is 11.5 Å². The van der Waals surface area contributed by atoms with Crippen molar-refractivity contribution in [1.29, 1.82) is 0 Å². The van der Waals surface area contributed by atoms with Gasteiger partial charge in [0, 0.05) is 12.1 Å². The van der Waals surface area contributed by atoms with Crippen LogP contribution in [0.3, 0.4) is 0 Å². The molecule has 2 rings (SSSR count). The van der Waals surface area contributed by atoms with E-state index in [1.165, 1.54) is 5.56 Å². The van der Waals surface area contributed by atoms with Crippen molar-refractivity contribution in [3.05, 3.63) is 59.7 Å². The van der Waals surface area contributed by atoms with Crippen molar-refractivity contribution in [2.75, 3.05) is 7.11 Å². The van der Waals surface area contributed by atoms with Crippen LogP contribution in [0.15, 0.2) is 48.5 Å². The van der Waals surface area contributed by atoms with E-state index < -0.39 is 6.10 Å². The maximum Gasteiger partial charge on any atom is 0.261 e. The molecule has 4 heteroatoms. The van der Waals surface area contributed by atoms with Crippen molar-refractivity contribution >= 4 is 5.91 Å². The standard InChI is InChI=1S/C21H27NO3/c1-15(25-18-12-10-17(11-13-18)21(2,3)4)20(23)22-14-16-8-6-7-9-19(16)24-5/h6-13,15H,14H2,1-5H3,(H,22,23)/t15-/m1/s1. The minimum Gasteiger partial charge on any atom is -0.496 e. The molecule has 0 aromatic heterocycles. The second-order valence-corrected chi connectivity index (χ2v) is 7.06. The number of carbonyl (C=O) groups is 1. The summed E-state index contributed by atoms with van der Waals surface area (Å²) in [5.74, 6) is 1.29. The Morgan fingerprint density at radius 2 is 1.72 bits per heavy atom. The summed E-state index contributed by atoms with van der Waals surface area (Å²) < 4.78 is 11.0. The monoisotopic (exact) mass is 341 g/mol. The molecular weight excluding hydrogens is 314 g/mol. The third-order valence-electron chi connectivity index (χ3n) is 4.05. The summed E-state index contributed by atoms with van der Waals surface area (Å²) in [5.41, 5.74) is 2.25. The highest BCUT2D eigenvalue weighted by molar-refractivity contribution is 5.80. The number of amides is 1. The first-order chi connectivity index (χ1) is 11.8. The van der Waals surface area contributed by atoms with Gasteiger partial charge in [0.2, 0.25) is 0 Å². The fraction of sp³-hybridized carbons (Fsp3) is 0.381. The van der Waals surface area contributed by atoms with Crippen LogP contribution in [-0.4, -0.2) is 19.1 Å². The van der Waals surface area contributed by atoms with Crippen molar-refractivity contribution in [3.63, 3.8) is 0 Å². The molecule has 0 aliphatic rings. The molecule has 0 heterocycles. The highest BCUT2D eigenvalue weighted by atomic mass is 16.5. The van der Waals surface area contributed by atoms with Gasteiger partial charge in [0.05, 0.1) is 7.11 Å². The maximum absolute atomic E-state index is 12.3. The first-order valence-electron chi connectivity index (χ1n) is 8.48. The van der Waals surface area contributed by atoms with Crippen molar-refractivity contribution in [3.8, 4) is 11.5 Å². The van der Waals surface area contributed by atoms with Gasteiger partial charge in [-0.2, -0.15) is 0 Å². The average Bonchev–Trinajstić information content (AvgIpc) is 2.59. The first-order valence-corrected chi connectivity index (χ1v) is 8.48. The van der Waals surface area contributed by atoms with Gasteiger partial charge in [-0.3, -0.25) is 4.79 Å². The normalized spacial score (nSPS) is 12.4. The molecule has 0 fully saturated rings.